The number of amides is 1. The zero-order chi connectivity index (χ0) is 17.3. The van der Waals surface area contributed by atoms with Crippen LogP contribution in [0.4, 0.5) is 0 Å². The van der Waals surface area contributed by atoms with Crippen LogP contribution in [0.3, 0.4) is 0 Å². The highest BCUT2D eigenvalue weighted by atomic mass is 35.5. The monoisotopic (exact) mass is 366 g/mol. The van der Waals surface area contributed by atoms with Crippen LogP contribution < -0.4 is 0 Å². The molecule has 0 atom stereocenters. The Hall–Kier alpha value is -1.57. The van der Waals surface area contributed by atoms with Gasteiger partial charge in [0, 0.05) is 23.0 Å². The second-order valence-electron chi connectivity index (χ2n) is 6.34. The van der Waals surface area contributed by atoms with Gasteiger partial charge in [0.2, 0.25) is 5.91 Å². The van der Waals surface area contributed by atoms with Crippen molar-refractivity contribution in [3.8, 4) is 0 Å². The summed E-state index contributed by atoms with van der Waals surface area (Å²) in [4.78, 5) is 15.0. The molecule has 3 rings (SSSR count). The smallest absolute Gasteiger partial charge is 0.233 e. The Balaban J connectivity index is 1.48. The molecule has 1 aromatic carbocycles. The van der Waals surface area contributed by atoms with Crippen LogP contribution in [0, 0.1) is 0 Å². The first kappa shape index (κ1) is 17.3. The summed E-state index contributed by atoms with van der Waals surface area (Å²) in [6, 6.07) is 7.58. The topological polar surface area (TPSA) is 71.2 Å². The molecule has 2 heterocycles. The molecular weight excluding hydrogens is 348 g/mol. The lowest BCUT2D eigenvalue weighted by atomic mass is 10.1. The molecule has 0 spiro atoms. The predicted molar refractivity (Wildman–Crippen MR) is 93.1 cm³/mol. The molecule has 1 fully saturated rings. The van der Waals surface area contributed by atoms with E-state index in [0.29, 0.717) is 29.6 Å². The van der Waals surface area contributed by atoms with Crippen molar-refractivity contribution in [2.75, 3.05) is 18.8 Å². The van der Waals surface area contributed by atoms with E-state index in [1.54, 1.807) is 29.6 Å². The number of benzene rings is 1. The Kier molecular flexibility index (Phi) is 4.85. The van der Waals surface area contributed by atoms with Gasteiger partial charge in [-0.3, -0.25) is 4.79 Å². The molecule has 128 valence electrons. The van der Waals surface area contributed by atoms with E-state index in [1.165, 1.54) is 11.8 Å². The van der Waals surface area contributed by atoms with E-state index in [9.17, 15) is 9.90 Å². The highest BCUT2D eigenvalue weighted by Crippen LogP contribution is 2.26. The number of carbonyl (C=O) groups is 1. The zero-order valence-electron chi connectivity index (χ0n) is 13.5. The molecule has 1 aromatic heterocycles. The van der Waals surface area contributed by atoms with Gasteiger partial charge in [0.25, 0.3) is 0 Å². The molecule has 1 amide bonds. The van der Waals surface area contributed by atoms with Crippen LogP contribution in [-0.4, -0.2) is 49.7 Å². The van der Waals surface area contributed by atoms with Crippen LogP contribution in [0.25, 0.3) is 0 Å². The van der Waals surface area contributed by atoms with Crippen LogP contribution in [0.15, 0.2) is 35.4 Å². The number of carbonyl (C=O) groups excluding carboxylic acids is 1. The summed E-state index contributed by atoms with van der Waals surface area (Å²) in [7, 11) is 0. The number of rotatable bonds is 5. The van der Waals surface area contributed by atoms with Gasteiger partial charge in [-0.1, -0.05) is 16.8 Å². The second kappa shape index (κ2) is 6.74. The maximum Gasteiger partial charge on any atom is 0.233 e. The number of halogens is 1. The third-order valence-electron chi connectivity index (χ3n) is 3.90. The molecule has 2 aromatic rings. The van der Waals surface area contributed by atoms with Gasteiger partial charge < -0.3 is 10.0 Å². The van der Waals surface area contributed by atoms with Gasteiger partial charge in [-0.15, -0.1) is 16.9 Å². The van der Waals surface area contributed by atoms with Gasteiger partial charge in [-0.05, 0) is 38.1 Å². The summed E-state index contributed by atoms with van der Waals surface area (Å²) in [5.74, 6) is 0.509. The Morgan fingerprint density at radius 3 is 2.62 bits per heavy atom. The molecule has 1 saturated heterocycles. The molecule has 6 nitrogen and oxygen atoms in total. The van der Waals surface area contributed by atoms with Crippen molar-refractivity contribution in [2.45, 2.75) is 30.4 Å². The highest BCUT2D eigenvalue weighted by molar-refractivity contribution is 8.00. The Labute approximate surface area is 149 Å². The van der Waals surface area contributed by atoms with Crippen molar-refractivity contribution in [3.63, 3.8) is 0 Å². The van der Waals surface area contributed by atoms with Crippen LogP contribution in [0.5, 0.6) is 0 Å². The summed E-state index contributed by atoms with van der Waals surface area (Å²) in [6.07, 6.45) is 1.74. The van der Waals surface area contributed by atoms with Crippen molar-refractivity contribution in [1.29, 1.82) is 0 Å². The van der Waals surface area contributed by atoms with Crippen molar-refractivity contribution in [3.05, 3.63) is 41.2 Å². The lowest BCUT2D eigenvalue weighted by molar-refractivity contribution is -0.134. The van der Waals surface area contributed by atoms with E-state index in [-0.39, 0.29) is 11.9 Å². The Bertz CT molecular complexity index is 720. The average Bonchev–Trinajstić information content (AvgIpc) is 2.95. The van der Waals surface area contributed by atoms with Gasteiger partial charge >= 0.3 is 0 Å². The molecule has 0 bridgehead atoms. The van der Waals surface area contributed by atoms with Crippen molar-refractivity contribution in [1.82, 2.24) is 19.9 Å². The van der Waals surface area contributed by atoms with Crippen LogP contribution in [0.2, 0.25) is 5.02 Å². The number of thioether (sulfide) groups is 1. The minimum absolute atomic E-state index is 0.106. The summed E-state index contributed by atoms with van der Waals surface area (Å²) in [5.41, 5.74) is -0.474. The lowest BCUT2D eigenvalue weighted by Crippen LogP contribution is -2.51. The van der Waals surface area contributed by atoms with E-state index in [4.69, 9.17) is 11.6 Å². The Morgan fingerprint density at radius 1 is 1.38 bits per heavy atom. The summed E-state index contributed by atoms with van der Waals surface area (Å²) in [5, 5.41) is 18.6. The number of hydrogen-bond acceptors (Lipinski definition) is 5. The van der Waals surface area contributed by atoms with Crippen molar-refractivity contribution in [2.24, 2.45) is 0 Å². The van der Waals surface area contributed by atoms with Crippen LogP contribution >= 0.6 is 23.4 Å². The van der Waals surface area contributed by atoms with Gasteiger partial charge in [0.1, 0.15) is 11.3 Å². The largest absolute Gasteiger partial charge is 0.384 e. The minimum atomic E-state index is -1.01. The maximum atomic E-state index is 12.2. The molecule has 1 aliphatic rings. The summed E-state index contributed by atoms with van der Waals surface area (Å²) < 4.78 is 1.73. The van der Waals surface area contributed by atoms with E-state index in [1.807, 2.05) is 24.3 Å². The fourth-order valence-electron chi connectivity index (χ4n) is 2.33. The van der Waals surface area contributed by atoms with Gasteiger partial charge in [0.05, 0.1) is 18.0 Å². The number of likely N-dealkylation sites (tertiary alicyclic amines) is 1. The molecule has 0 radical (unpaired) electrons. The normalized spacial score (nSPS) is 15.4. The maximum absolute atomic E-state index is 12.2. The molecule has 1 aliphatic heterocycles. The summed E-state index contributed by atoms with van der Waals surface area (Å²) in [6.45, 7) is 4.58. The second-order valence-corrected chi connectivity index (χ2v) is 7.82. The molecule has 0 unspecified atom stereocenters. The number of nitrogens with zero attached hydrogens (tertiary/aromatic N) is 4. The Morgan fingerprint density at radius 2 is 2.04 bits per heavy atom. The number of aromatic nitrogens is 3. The van der Waals surface area contributed by atoms with Crippen molar-refractivity contribution < 1.29 is 9.90 Å². The summed E-state index contributed by atoms with van der Waals surface area (Å²) >= 11 is 7.35. The molecule has 24 heavy (non-hydrogen) atoms. The SMILES string of the molecule is CC(C)(O)c1cn(C2CN(C(=O)CSc3ccc(Cl)cc3)C2)nn1. The number of aliphatic hydroxyl groups is 1. The van der Waals surface area contributed by atoms with E-state index < -0.39 is 5.60 Å². The fraction of sp³-hybridized carbons (Fsp3) is 0.438. The van der Waals surface area contributed by atoms with Gasteiger partial charge in [-0.25, -0.2) is 4.68 Å². The quantitative estimate of drug-likeness (QED) is 0.822. The third-order valence-corrected chi connectivity index (χ3v) is 5.15. The van der Waals surface area contributed by atoms with E-state index in [0.717, 1.165) is 4.90 Å². The first-order valence-corrected chi connectivity index (χ1v) is 9.00. The first-order chi connectivity index (χ1) is 11.3. The molecule has 0 aliphatic carbocycles. The van der Waals surface area contributed by atoms with E-state index >= 15 is 0 Å². The average molecular weight is 367 g/mol. The lowest BCUT2D eigenvalue weighted by Gasteiger charge is -2.38. The molecule has 1 N–H and O–H groups in total. The molecule has 0 saturated carbocycles. The molecular formula is C16H19ClN4O2S. The molecule has 8 heteroatoms. The minimum Gasteiger partial charge on any atom is -0.384 e. The standard InChI is InChI=1S/C16H19ClN4O2S/c1-16(2,23)14-9-21(19-18-14)12-7-20(8-12)15(22)10-24-13-5-3-11(17)4-6-13/h3-6,9,12,23H,7-8,10H2,1-2H3. The van der Waals surface area contributed by atoms with Crippen LogP contribution in [-0.2, 0) is 10.4 Å². The predicted octanol–water partition coefficient (Wildman–Crippen LogP) is 2.33. The zero-order valence-corrected chi connectivity index (χ0v) is 15.1. The van der Waals surface area contributed by atoms with E-state index in [2.05, 4.69) is 10.3 Å². The van der Waals surface area contributed by atoms with Gasteiger partial charge in [-0.2, -0.15) is 0 Å². The van der Waals surface area contributed by atoms with Crippen molar-refractivity contribution >= 4 is 29.3 Å². The van der Waals surface area contributed by atoms with Crippen LogP contribution in [0.1, 0.15) is 25.6 Å². The van der Waals surface area contributed by atoms with Gasteiger partial charge in [0.15, 0.2) is 0 Å². The first-order valence-electron chi connectivity index (χ1n) is 7.64. The highest BCUT2D eigenvalue weighted by Gasteiger charge is 2.33. The third kappa shape index (κ3) is 3.91. The number of hydrogen-bond donors (Lipinski definition) is 1. The fourth-order valence-corrected chi connectivity index (χ4v) is 3.26.